The second kappa shape index (κ2) is 5.90. The third-order valence-corrected chi connectivity index (χ3v) is 2.86. The minimum absolute atomic E-state index is 0.0253. The Balaban J connectivity index is 2.33. The zero-order valence-corrected chi connectivity index (χ0v) is 10.7. The van der Waals surface area contributed by atoms with Crippen LogP contribution in [-0.4, -0.2) is 21.0 Å². The molecule has 1 heterocycles. The van der Waals surface area contributed by atoms with Gasteiger partial charge in [-0.05, 0) is 18.1 Å². The van der Waals surface area contributed by atoms with Crippen molar-refractivity contribution in [3.63, 3.8) is 0 Å². The van der Waals surface area contributed by atoms with Crippen LogP contribution in [0.15, 0.2) is 42.6 Å². The number of rotatable bonds is 4. The summed E-state index contributed by atoms with van der Waals surface area (Å²) in [5.41, 5.74) is -0.460. The number of hydrogen-bond acceptors (Lipinski definition) is 3. The molecule has 0 aliphatic heterocycles. The standard InChI is InChI=1S/C14H11F3N2O2/c15-14(16,17)11-6-7-18-12(19-11)10(13(20)21)8-9-4-2-1-3-5-9/h1-7,10H,8H2,(H,20,21). The van der Waals surface area contributed by atoms with Gasteiger partial charge in [0, 0.05) is 6.20 Å². The number of aromatic nitrogens is 2. The highest BCUT2D eigenvalue weighted by Crippen LogP contribution is 2.28. The van der Waals surface area contributed by atoms with Gasteiger partial charge >= 0.3 is 12.1 Å². The summed E-state index contributed by atoms with van der Waals surface area (Å²) in [5, 5.41) is 9.22. The van der Waals surface area contributed by atoms with E-state index in [-0.39, 0.29) is 12.2 Å². The lowest BCUT2D eigenvalue weighted by Gasteiger charge is -2.13. The van der Waals surface area contributed by atoms with Gasteiger partial charge in [-0.2, -0.15) is 13.2 Å². The Morgan fingerprint density at radius 2 is 1.86 bits per heavy atom. The maximum atomic E-state index is 12.6. The Morgan fingerprint density at radius 1 is 1.19 bits per heavy atom. The molecule has 1 aromatic heterocycles. The van der Waals surface area contributed by atoms with E-state index >= 15 is 0 Å². The lowest BCUT2D eigenvalue weighted by molar-refractivity contribution is -0.143. The van der Waals surface area contributed by atoms with Gasteiger partial charge in [-0.1, -0.05) is 30.3 Å². The number of alkyl halides is 3. The summed E-state index contributed by atoms with van der Waals surface area (Å²) in [6.45, 7) is 0. The fourth-order valence-electron chi connectivity index (χ4n) is 1.84. The van der Waals surface area contributed by atoms with Crippen LogP contribution in [0.25, 0.3) is 0 Å². The first kappa shape index (κ1) is 15.0. The van der Waals surface area contributed by atoms with Crippen LogP contribution in [0, 0.1) is 0 Å². The summed E-state index contributed by atoms with van der Waals surface area (Å²) in [6.07, 6.45) is -3.68. The molecule has 1 unspecified atom stereocenters. The first-order valence-corrected chi connectivity index (χ1v) is 6.05. The molecule has 0 spiro atoms. The monoisotopic (exact) mass is 296 g/mol. The number of benzene rings is 1. The molecule has 1 N–H and O–H groups in total. The second-order valence-corrected chi connectivity index (χ2v) is 4.38. The molecule has 0 fully saturated rings. The molecule has 1 atom stereocenters. The summed E-state index contributed by atoms with van der Waals surface area (Å²) in [6, 6.07) is 9.32. The summed E-state index contributed by atoms with van der Waals surface area (Å²) in [7, 11) is 0. The van der Waals surface area contributed by atoms with Gasteiger partial charge in [0.05, 0.1) is 0 Å². The van der Waals surface area contributed by atoms with Crippen molar-refractivity contribution in [3.05, 3.63) is 59.7 Å². The highest BCUT2D eigenvalue weighted by atomic mass is 19.4. The Kier molecular flexibility index (Phi) is 4.21. The third kappa shape index (κ3) is 3.77. The summed E-state index contributed by atoms with van der Waals surface area (Å²) < 4.78 is 37.9. The molecule has 0 aliphatic carbocycles. The van der Waals surface area contributed by atoms with E-state index in [1.807, 2.05) is 0 Å². The van der Waals surface area contributed by atoms with Crippen molar-refractivity contribution < 1.29 is 23.1 Å². The van der Waals surface area contributed by atoms with E-state index < -0.39 is 23.8 Å². The largest absolute Gasteiger partial charge is 0.481 e. The molecular weight excluding hydrogens is 285 g/mol. The number of carbonyl (C=O) groups is 1. The quantitative estimate of drug-likeness (QED) is 0.942. The fraction of sp³-hybridized carbons (Fsp3) is 0.214. The fourth-order valence-corrected chi connectivity index (χ4v) is 1.84. The number of nitrogens with zero attached hydrogens (tertiary/aromatic N) is 2. The molecule has 7 heteroatoms. The Bertz CT molecular complexity index is 630. The molecule has 1 aromatic carbocycles. The summed E-state index contributed by atoms with van der Waals surface area (Å²) >= 11 is 0. The molecule has 0 radical (unpaired) electrons. The van der Waals surface area contributed by atoms with E-state index in [0.29, 0.717) is 11.6 Å². The van der Waals surface area contributed by atoms with E-state index in [9.17, 15) is 23.1 Å². The van der Waals surface area contributed by atoms with Crippen LogP contribution < -0.4 is 0 Å². The van der Waals surface area contributed by atoms with Gasteiger partial charge in [0.1, 0.15) is 17.4 Å². The SMILES string of the molecule is O=C(O)C(Cc1ccccc1)c1nccc(C(F)(F)F)n1. The Morgan fingerprint density at radius 3 is 2.43 bits per heavy atom. The van der Waals surface area contributed by atoms with Crippen molar-refractivity contribution >= 4 is 5.97 Å². The molecular formula is C14H11F3N2O2. The third-order valence-electron chi connectivity index (χ3n) is 2.86. The van der Waals surface area contributed by atoms with Crippen molar-refractivity contribution in [2.45, 2.75) is 18.5 Å². The Hall–Kier alpha value is -2.44. The van der Waals surface area contributed by atoms with Gasteiger partial charge in [-0.15, -0.1) is 0 Å². The zero-order valence-electron chi connectivity index (χ0n) is 10.7. The summed E-state index contributed by atoms with van der Waals surface area (Å²) in [5.74, 6) is -2.84. The second-order valence-electron chi connectivity index (χ2n) is 4.38. The molecule has 0 saturated carbocycles. The predicted octanol–water partition coefficient (Wildman–Crippen LogP) is 2.91. The van der Waals surface area contributed by atoms with Gasteiger partial charge in [-0.3, -0.25) is 4.79 Å². The molecule has 2 aromatic rings. The molecule has 0 aliphatic rings. The zero-order chi connectivity index (χ0) is 15.5. The van der Waals surface area contributed by atoms with Gasteiger partial charge in [0.2, 0.25) is 0 Å². The number of carboxylic acid groups (broad SMARTS) is 1. The van der Waals surface area contributed by atoms with Crippen molar-refractivity contribution in [1.82, 2.24) is 9.97 Å². The predicted molar refractivity (Wildman–Crippen MR) is 67.6 cm³/mol. The van der Waals surface area contributed by atoms with Crippen LogP contribution in [-0.2, 0) is 17.4 Å². The highest BCUT2D eigenvalue weighted by Gasteiger charge is 2.34. The number of halogens is 3. The van der Waals surface area contributed by atoms with Gasteiger partial charge in [0.15, 0.2) is 0 Å². The lowest BCUT2D eigenvalue weighted by Crippen LogP contribution is -2.19. The van der Waals surface area contributed by atoms with Crippen molar-refractivity contribution in [2.24, 2.45) is 0 Å². The van der Waals surface area contributed by atoms with Crippen LogP contribution in [0.1, 0.15) is 23.0 Å². The molecule has 21 heavy (non-hydrogen) atoms. The van der Waals surface area contributed by atoms with Crippen LogP contribution >= 0.6 is 0 Å². The molecule has 0 bridgehead atoms. The average Bonchev–Trinajstić information content (AvgIpc) is 2.45. The van der Waals surface area contributed by atoms with Crippen molar-refractivity contribution in [1.29, 1.82) is 0 Å². The van der Waals surface area contributed by atoms with Crippen LogP contribution in [0.3, 0.4) is 0 Å². The smallest absolute Gasteiger partial charge is 0.433 e. The Labute approximate surface area is 118 Å². The van der Waals surface area contributed by atoms with Gasteiger partial charge in [0.25, 0.3) is 0 Å². The van der Waals surface area contributed by atoms with E-state index in [1.54, 1.807) is 30.3 Å². The van der Waals surface area contributed by atoms with E-state index in [2.05, 4.69) is 9.97 Å². The maximum absolute atomic E-state index is 12.6. The molecule has 0 amide bonds. The normalized spacial score (nSPS) is 12.9. The first-order chi connectivity index (χ1) is 9.88. The van der Waals surface area contributed by atoms with E-state index in [0.717, 1.165) is 6.20 Å². The van der Waals surface area contributed by atoms with E-state index in [4.69, 9.17) is 0 Å². The van der Waals surface area contributed by atoms with Crippen LogP contribution in [0.4, 0.5) is 13.2 Å². The highest BCUT2D eigenvalue weighted by molar-refractivity contribution is 5.75. The van der Waals surface area contributed by atoms with Crippen LogP contribution in [0.2, 0.25) is 0 Å². The first-order valence-electron chi connectivity index (χ1n) is 6.05. The van der Waals surface area contributed by atoms with Crippen LogP contribution in [0.5, 0.6) is 0 Å². The minimum Gasteiger partial charge on any atom is -0.481 e. The van der Waals surface area contributed by atoms with Crippen molar-refractivity contribution in [2.75, 3.05) is 0 Å². The number of hydrogen-bond donors (Lipinski definition) is 1. The summed E-state index contributed by atoms with van der Waals surface area (Å²) in [4.78, 5) is 18.3. The van der Waals surface area contributed by atoms with Gasteiger partial charge in [-0.25, -0.2) is 9.97 Å². The molecule has 4 nitrogen and oxygen atoms in total. The maximum Gasteiger partial charge on any atom is 0.433 e. The number of carboxylic acids is 1. The van der Waals surface area contributed by atoms with Crippen molar-refractivity contribution in [3.8, 4) is 0 Å². The number of aliphatic carboxylic acids is 1. The molecule has 110 valence electrons. The van der Waals surface area contributed by atoms with Gasteiger partial charge < -0.3 is 5.11 Å². The average molecular weight is 296 g/mol. The topological polar surface area (TPSA) is 63.1 Å². The molecule has 2 rings (SSSR count). The minimum atomic E-state index is -4.63. The molecule has 0 saturated heterocycles. The van der Waals surface area contributed by atoms with E-state index in [1.165, 1.54) is 0 Å². The lowest BCUT2D eigenvalue weighted by atomic mass is 9.98.